The molecule has 18 heavy (non-hydrogen) atoms. The maximum atomic E-state index is 8.35. The first-order chi connectivity index (χ1) is 8.71. The Morgan fingerprint density at radius 1 is 1.11 bits per heavy atom. The number of hydrogen-bond donors (Lipinski definition) is 2. The third kappa shape index (κ3) is 5.71. The molecule has 1 aliphatic carbocycles. The van der Waals surface area contributed by atoms with E-state index in [1.807, 2.05) is 0 Å². The van der Waals surface area contributed by atoms with Crippen molar-refractivity contribution >= 4 is 17.7 Å². The van der Waals surface area contributed by atoms with E-state index in [1.54, 1.807) is 5.57 Å². The highest BCUT2D eigenvalue weighted by atomic mass is 16.1. The molecular weight excluding hydrogens is 228 g/mol. The zero-order valence-electron chi connectivity index (χ0n) is 10.3. The van der Waals surface area contributed by atoms with Crippen LogP contribution >= 0.6 is 0 Å². The fourth-order valence-corrected chi connectivity index (χ4v) is 1.85. The van der Waals surface area contributed by atoms with Gasteiger partial charge in [-0.3, -0.25) is 0 Å². The minimum absolute atomic E-state index is 0.750. The Bertz CT molecular complexity index is 454. The summed E-state index contributed by atoms with van der Waals surface area (Å²) in [7, 11) is 0. The molecule has 0 amide bonds. The number of hydrogen-bond acceptors (Lipinski definition) is 4. The van der Waals surface area contributed by atoms with Crippen LogP contribution in [-0.2, 0) is 9.59 Å². The van der Waals surface area contributed by atoms with Crippen molar-refractivity contribution in [2.45, 2.75) is 26.2 Å². The first kappa shape index (κ1) is 15.7. The summed E-state index contributed by atoms with van der Waals surface area (Å²) in [5.74, 6) is 0. The quantitative estimate of drug-likeness (QED) is 0.586. The lowest BCUT2D eigenvalue weighted by Crippen LogP contribution is -1.84. The van der Waals surface area contributed by atoms with Gasteiger partial charge in [-0.05, 0) is 42.9 Å². The number of isocyanates is 2. The van der Waals surface area contributed by atoms with E-state index >= 15 is 0 Å². The number of carbonyl (C=O) groups excluding carboxylic acids is 2. The van der Waals surface area contributed by atoms with Gasteiger partial charge in [-0.15, -0.1) is 0 Å². The molecule has 0 atom stereocenters. The highest BCUT2D eigenvalue weighted by Crippen LogP contribution is 2.29. The van der Waals surface area contributed by atoms with Crippen molar-refractivity contribution in [2.24, 2.45) is 0 Å². The SMILES string of the molecule is Cc1ccccc1C1=CCCC1.N=C=O.N=C=O. The smallest absolute Gasteiger partial charge is 0.222 e. The first-order valence-electron chi connectivity index (χ1n) is 5.54. The second kappa shape index (κ2) is 9.91. The Morgan fingerprint density at radius 2 is 1.67 bits per heavy atom. The molecule has 4 nitrogen and oxygen atoms in total. The normalized spacial score (nSPS) is 11.7. The van der Waals surface area contributed by atoms with Gasteiger partial charge >= 0.3 is 0 Å². The van der Waals surface area contributed by atoms with Crippen molar-refractivity contribution in [3.8, 4) is 0 Å². The predicted octanol–water partition coefficient (Wildman–Crippen LogP) is 3.36. The van der Waals surface area contributed by atoms with Gasteiger partial charge in [0.1, 0.15) is 0 Å². The third-order valence-corrected chi connectivity index (χ3v) is 2.53. The van der Waals surface area contributed by atoms with Crippen molar-refractivity contribution in [2.75, 3.05) is 0 Å². The molecule has 0 unspecified atom stereocenters. The molecule has 0 aliphatic heterocycles. The fourth-order valence-electron chi connectivity index (χ4n) is 1.85. The fraction of sp³-hybridized carbons (Fsp3) is 0.286. The van der Waals surface area contributed by atoms with Crippen LogP contribution in [0.2, 0.25) is 0 Å². The first-order valence-corrected chi connectivity index (χ1v) is 5.54. The zero-order chi connectivity index (χ0) is 13.8. The van der Waals surface area contributed by atoms with E-state index in [9.17, 15) is 0 Å². The summed E-state index contributed by atoms with van der Waals surface area (Å²) in [6.07, 6.45) is 7.75. The molecule has 0 saturated carbocycles. The molecule has 0 bridgehead atoms. The average Bonchev–Trinajstić information content (AvgIpc) is 2.85. The summed E-state index contributed by atoms with van der Waals surface area (Å²) in [4.78, 5) is 16.7. The molecule has 0 saturated heterocycles. The highest BCUT2D eigenvalue weighted by molar-refractivity contribution is 5.69. The Balaban J connectivity index is 0.000000414. The van der Waals surface area contributed by atoms with Gasteiger partial charge in [-0.25, -0.2) is 20.4 Å². The summed E-state index contributed by atoms with van der Waals surface area (Å²) in [6.45, 7) is 2.19. The number of allylic oxidation sites excluding steroid dienone is 2. The van der Waals surface area contributed by atoms with Gasteiger partial charge in [-0.2, -0.15) is 0 Å². The van der Waals surface area contributed by atoms with Crippen LogP contribution < -0.4 is 0 Å². The monoisotopic (exact) mass is 244 g/mol. The van der Waals surface area contributed by atoms with Crippen molar-refractivity contribution in [1.82, 2.24) is 0 Å². The topological polar surface area (TPSA) is 81.8 Å². The number of benzene rings is 1. The second-order valence-corrected chi connectivity index (χ2v) is 3.64. The summed E-state index contributed by atoms with van der Waals surface area (Å²) < 4.78 is 0. The number of nitrogens with one attached hydrogen (secondary N) is 2. The van der Waals surface area contributed by atoms with E-state index in [0.29, 0.717) is 0 Å². The van der Waals surface area contributed by atoms with Crippen LogP contribution in [0.1, 0.15) is 30.4 Å². The molecular formula is C14H16N2O2. The Hall–Kier alpha value is -2.28. The van der Waals surface area contributed by atoms with Crippen molar-refractivity contribution in [1.29, 1.82) is 10.8 Å². The van der Waals surface area contributed by atoms with Gasteiger partial charge in [0.05, 0.1) is 0 Å². The molecule has 0 radical (unpaired) electrons. The van der Waals surface area contributed by atoms with E-state index in [0.717, 1.165) is 12.2 Å². The molecule has 0 fully saturated rings. The standard InChI is InChI=1S/C12H14.2CHNO/c1-10-6-2-5-9-12(10)11-7-3-4-8-11;2*2-1-3/h2,5-7,9H,3-4,8H2,1H3;2*2H. The second-order valence-electron chi connectivity index (χ2n) is 3.64. The average molecular weight is 244 g/mol. The summed E-state index contributed by atoms with van der Waals surface area (Å²) in [5, 5.41) is 10.8. The van der Waals surface area contributed by atoms with Crippen LogP contribution in [0, 0.1) is 17.7 Å². The van der Waals surface area contributed by atoms with Crippen LogP contribution in [0.3, 0.4) is 0 Å². The highest BCUT2D eigenvalue weighted by Gasteiger charge is 2.07. The Morgan fingerprint density at radius 3 is 2.11 bits per heavy atom. The van der Waals surface area contributed by atoms with Crippen molar-refractivity contribution < 1.29 is 9.59 Å². The minimum Gasteiger partial charge on any atom is -0.222 e. The predicted molar refractivity (Wildman–Crippen MR) is 69.8 cm³/mol. The van der Waals surface area contributed by atoms with Gasteiger partial charge in [0.2, 0.25) is 12.2 Å². The molecule has 2 rings (SSSR count). The molecule has 1 aliphatic rings. The summed E-state index contributed by atoms with van der Waals surface area (Å²) >= 11 is 0. The van der Waals surface area contributed by atoms with Crippen LogP contribution in [0.15, 0.2) is 30.3 Å². The minimum atomic E-state index is 0.750. The molecule has 2 N–H and O–H groups in total. The van der Waals surface area contributed by atoms with Crippen molar-refractivity contribution in [3.05, 3.63) is 41.5 Å². The van der Waals surface area contributed by atoms with Gasteiger partial charge in [0, 0.05) is 0 Å². The zero-order valence-corrected chi connectivity index (χ0v) is 10.3. The lowest BCUT2D eigenvalue weighted by Gasteiger charge is -2.05. The number of rotatable bonds is 1. The molecule has 4 heteroatoms. The van der Waals surface area contributed by atoms with Gasteiger partial charge in [-0.1, -0.05) is 30.3 Å². The van der Waals surface area contributed by atoms with E-state index in [4.69, 9.17) is 20.4 Å². The van der Waals surface area contributed by atoms with Crippen LogP contribution in [0.5, 0.6) is 0 Å². The molecule has 1 aromatic carbocycles. The van der Waals surface area contributed by atoms with Crippen molar-refractivity contribution in [3.63, 3.8) is 0 Å². The molecule has 0 aromatic heterocycles. The van der Waals surface area contributed by atoms with E-state index in [1.165, 1.54) is 30.4 Å². The Labute approximate surface area is 106 Å². The van der Waals surface area contributed by atoms with Gasteiger partial charge in [0.25, 0.3) is 0 Å². The summed E-state index contributed by atoms with van der Waals surface area (Å²) in [5.41, 5.74) is 4.41. The van der Waals surface area contributed by atoms with E-state index in [-0.39, 0.29) is 0 Å². The van der Waals surface area contributed by atoms with E-state index < -0.39 is 0 Å². The largest absolute Gasteiger partial charge is 0.231 e. The maximum absolute atomic E-state index is 8.35. The molecule has 94 valence electrons. The molecule has 0 spiro atoms. The lowest BCUT2D eigenvalue weighted by atomic mass is 10.0. The van der Waals surface area contributed by atoms with Gasteiger partial charge in [0.15, 0.2) is 0 Å². The van der Waals surface area contributed by atoms with E-state index in [2.05, 4.69) is 37.3 Å². The van der Waals surface area contributed by atoms with Crippen LogP contribution in [0.4, 0.5) is 0 Å². The summed E-state index contributed by atoms with van der Waals surface area (Å²) in [6, 6.07) is 8.65. The molecule has 0 heterocycles. The van der Waals surface area contributed by atoms with Crippen LogP contribution in [0.25, 0.3) is 5.57 Å². The maximum Gasteiger partial charge on any atom is 0.231 e. The van der Waals surface area contributed by atoms with Crippen LogP contribution in [-0.4, -0.2) is 12.2 Å². The lowest BCUT2D eigenvalue weighted by molar-refractivity contribution is 0.562. The number of aryl methyl sites for hydroxylation is 1. The Kier molecular flexibility index (Phi) is 8.66. The molecule has 1 aromatic rings. The third-order valence-electron chi connectivity index (χ3n) is 2.53. The van der Waals surface area contributed by atoms with Gasteiger partial charge < -0.3 is 0 Å².